The molecule has 0 saturated carbocycles. The fourth-order valence-electron chi connectivity index (χ4n) is 2.74. The zero-order chi connectivity index (χ0) is 22.4. The Hall–Kier alpha value is -3.69. The molecule has 0 saturated heterocycles. The van der Waals surface area contributed by atoms with Crippen molar-refractivity contribution in [3.63, 3.8) is 0 Å². The van der Waals surface area contributed by atoms with Crippen LogP contribution >= 0.6 is 0 Å². The number of hydrogen-bond donors (Lipinski definition) is 1. The molecular formula is C21H20F3N5O2. The predicted molar refractivity (Wildman–Crippen MR) is 111 cm³/mol. The molecule has 0 aliphatic carbocycles. The highest BCUT2D eigenvalue weighted by atomic mass is 19.4. The molecule has 0 atom stereocenters. The first-order chi connectivity index (χ1) is 14.8. The van der Waals surface area contributed by atoms with Crippen LogP contribution in [0, 0.1) is 0 Å². The summed E-state index contributed by atoms with van der Waals surface area (Å²) in [7, 11) is 3.54. The van der Waals surface area contributed by atoms with Gasteiger partial charge in [-0.25, -0.2) is 9.97 Å². The van der Waals surface area contributed by atoms with Crippen molar-refractivity contribution in [3.8, 4) is 11.5 Å². The van der Waals surface area contributed by atoms with E-state index < -0.39 is 23.5 Å². The third-order valence-corrected chi connectivity index (χ3v) is 4.29. The number of amides is 1. The van der Waals surface area contributed by atoms with Crippen LogP contribution in [0.4, 0.5) is 24.7 Å². The van der Waals surface area contributed by atoms with E-state index in [0.717, 1.165) is 6.42 Å². The highest BCUT2D eigenvalue weighted by Crippen LogP contribution is 2.35. The molecule has 10 heteroatoms. The Morgan fingerprint density at radius 3 is 2.58 bits per heavy atom. The van der Waals surface area contributed by atoms with Crippen LogP contribution in [0.25, 0.3) is 11.5 Å². The molecule has 0 fully saturated rings. The lowest BCUT2D eigenvalue weighted by atomic mass is 10.2. The van der Waals surface area contributed by atoms with Crippen molar-refractivity contribution in [2.24, 2.45) is 4.99 Å². The van der Waals surface area contributed by atoms with Gasteiger partial charge in [0.2, 0.25) is 11.7 Å². The number of aromatic nitrogens is 2. The number of oxazole rings is 1. The van der Waals surface area contributed by atoms with E-state index in [1.54, 1.807) is 55.7 Å². The third kappa shape index (κ3) is 5.47. The molecule has 1 aromatic carbocycles. The number of nitrogens with one attached hydrogen (secondary N) is 1. The molecule has 7 nitrogen and oxygen atoms in total. The fourth-order valence-corrected chi connectivity index (χ4v) is 2.74. The first-order valence-electron chi connectivity index (χ1n) is 9.32. The molecular weight excluding hydrogens is 411 g/mol. The zero-order valence-electron chi connectivity index (χ0n) is 16.8. The van der Waals surface area contributed by atoms with Gasteiger partial charge >= 0.3 is 6.18 Å². The van der Waals surface area contributed by atoms with Gasteiger partial charge in [-0.2, -0.15) is 13.2 Å². The first kappa shape index (κ1) is 22.0. The largest absolute Gasteiger partial charge is 0.452 e. The van der Waals surface area contributed by atoms with Crippen molar-refractivity contribution in [2.45, 2.75) is 12.6 Å². The van der Waals surface area contributed by atoms with Crippen LogP contribution in [-0.2, 0) is 6.18 Å². The van der Waals surface area contributed by atoms with Gasteiger partial charge in [0.15, 0.2) is 5.69 Å². The van der Waals surface area contributed by atoms with E-state index >= 15 is 0 Å². The van der Waals surface area contributed by atoms with Gasteiger partial charge in [0, 0.05) is 32.4 Å². The number of hydrogen-bond acceptors (Lipinski definition) is 6. The van der Waals surface area contributed by atoms with Crippen LogP contribution in [0.15, 0.2) is 58.1 Å². The molecule has 0 radical (unpaired) electrons. The molecule has 31 heavy (non-hydrogen) atoms. The maximum Gasteiger partial charge on any atom is 0.452 e. The predicted octanol–water partition coefficient (Wildman–Crippen LogP) is 4.53. The Kier molecular flexibility index (Phi) is 6.68. The zero-order valence-corrected chi connectivity index (χ0v) is 16.8. The highest BCUT2D eigenvalue weighted by molar-refractivity contribution is 6.04. The number of pyridine rings is 1. The summed E-state index contributed by atoms with van der Waals surface area (Å²) in [5.74, 6) is -2.14. The van der Waals surface area contributed by atoms with Crippen LogP contribution in [-0.4, -0.2) is 42.7 Å². The topological polar surface area (TPSA) is 83.6 Å². The fraction of sp³-hybridized carbons (Fsp3) is 0.238. The molecule has 0 spiro atoms. The number of carbonyl (C=O) groups excluding carboxylic acids is 1. The molecule has 2 aromatic heterocycles. The lowest BCUT2D eigenvalue weighted by Crippen LogP contribution is -2.20. The number of nitrogens with zero attached hydrogens (tertiary/aromatic N) is 4. The Morgan fingerprint density at radius 2 is 1.97 bits per heavy atom. The van der Waals surface area contributed by atoms with Gasteiger partial charge in [0.05, 0.1) is 11.9 Å². The van der Waals surface area contributed by atoms with Gasteiger partial charge in [-0.15, -0.1) is 0 Å². The quantitative estimate of drug-likeness (QED) is 0.556. The minimum atomic E-state index is -4.88. The molecule has 2 heterocycles. The summed E-state index contributed by atoms with van der Waals surface area (Å²) in [4.78, 5) is 26.3. The summed E-state index contributed by atoms with van der Waals surface area (Å²) in [6.45, 7) is 0.687. The molecule has 1 N–H and O–H groups in total. The van der Waals surface area contributed by atoms with E-state index in [0.29, 0.717) is 17.9 Å². The lowest BCUT2D eigenvalue weighted by molar-refractivity contribution is -0.153. The molecule has 1 amide bonds. The maximum atomic E-state index is 13.4. The van der Waals surface area contributed by atoms with Crippen LogP contribution in [0.1, 0.15) is 22.7 Å². The Morgan fingerprint density at radius 1 is 1.23 bits per heavy atom. The molecule has 0 bridgehead atoms. The average Bonchev–Trinajstić information content (AvgIpc) is 3.21. The molecule has 162 valence electrons. The van der Waals surface area contributed by atoms with Gasteiger partial charge < -0.3 is 19.6 Å². The summed E-state index contributed by atoms with van der Waals surface area (Å²) in [6.07, 6.45) is -0.989. The van der Waals surface area contributed by atoms with E-state index in [9.17, 15) is 18.0 Å². The summed E-state index contributed by atoms with van der Waals surface area (Å²) < 4.78 is 45.1. The van der Waals surface area contributed by atoms with Gasteiger partial charge in [-0.3, -0.25) is 4.79 Å². The van der Waals surface area contributed by atoms with E-state index in [-0.39, 0.29) is 11.6 Å². The second kappa shape index (κ2) is 9.41. The number of aliphatic imine (C=N–C) groups is 1. The van der Waals surface area contributed by atoms with E-state index in [2.05, 4.69) is 20.3 Å². The van der Waals surface area contributed by atoms with Gasteiger partial charge in [-0.05, 0) is 30.7 Å². The second-order valence-electron chi connectivity index (χ2n) is 6.57. The van der Waals surface area contributed by atoms with Crippen molar-refractivity contribution >= 4 is 23.6 Å². The number of rotatable bonds is 7. The standard InChI is InChI=1S/C21H20F3N5O2/c1-25-11-6-12-29(2)16-10-9-15(13-26-16)27-19(30)17-18(21(22,23)24)31-20(28-17)14-7-4-3-5-8-14/h3-5,7-11,13H,6,12H2,1-2H3,(H,27,30). The van der Waals surface area contributed by atoms with Crippen LogP contribution < -0.4 is 10.2 Å². The number of benzene rings is 1. The molecule has 0 aliphatic heterocycles. The average molecular weight is 431 g/mol. The summed E-state index contributed by atoms with van der Waals surface area (Å²) in [6, 6.07) is 11.3. The van der Waals surface area contributed by atoms with Gasteiger partial charge in [0.25, 0.3) is 5.91 Å². The van der Waals surface area contributed by atoms with Gasteiger partial charge in [0.1, 0.15) is 5.82 Å². The molecule has 3 rings (SSSR count). The third-order valence-electron chi connectivity index (χ3n) is 4.29. The van der Waals surface area contributed by atoms with E-state index in [1.807, 2.05) is 11.9 Å². The number of carbonyl (C=O) groups is 1. The van der Waals surface area contributed by atoms with Crippen molar-refractivity contribution in [3.05, 3.63) is 60.1 Å². The van der Waals surface area contributed by atoms with Crippen molar-refractivity contribution in [1.29, 1.82) is 0 Å². The van der Waals surface area contributed by atoms with Crippen molar-refractivity contribution in [1.82, 2.24) is 9.97 Å². The number of anilines is 2. The number of halogens is 3. The Labute approximate surface area is 176 Å². The summed E-state index contributed by atoms with van der Waals surface area (Å²) in [5.41, 5.74) is -0.282. The number of alkyl halides is 3. The summed E-state index contributed by atoms with van der Waals surface area (Å²) in [5, 5.41) is 2.39. The Bertz CT molecular complexity index is 1050. The summed E-state index contributed by atoms with van der Waals surface area (Å²) >= 11 is 0. The SMILES string of the molecule is CN=CCCN(C)c1ccc(NC(=O)c2nc(-c3ccccc3)oc2C(F)(F)F)cn1. The highest BCUT2D eigenvalue weighted by Gasteiger charge is 2.42. The lowest BCUT2D eigenvalue weighted by Gasteiger charge is -2.17. The smallest absolute Gasteiger partial charge is 0.431 e. The molecule has 3 aromatic rings. The Balaban J connectivity index is 1.79. The van der Waals surface area contributed by atoms with Crippen LogP contribution in [0.5, 0.6) is 0 Å². The van der Waals surface area contributed by atoms with Crippen LogP contribution in [0.2, 0.25) is 0 Å². The molecule has 0 unspecified atom stereocenters. The van der Waals surface area contributed by atoms with E-state index in [4.69, 9.17) is 4.42 Å². The maximum absolute atomic E-state index is 13.4. The van der Waals surface area contributed by atoms with Crippen molar-refractivity contribution < 1.29 is 22.4 Å². The second-order valence-corrected chi connectivity index (χ2v) is 6.57. The normalized spacial score (nSPS) is 11.6. The first-order valence-corrected chi connectivity index (χ1v) is 9.32. The van der Waals surface area contributed by atoms with Crippen LogP contribution in [0.3, 0.4) is 0 Å². The van der Waals surface area contributed by atoms with E-state index in [1.165, 1.54) is 6.20 Å². The molecule has 0 aliphatic rings. The van der Waals surface area contributed by atoms with Gasteiger partial charge in [-0.1, -0.05) is 18.2 Å². The minimum Gasteiger partial charge on any atom is -0.431 e. The monoisotopic (exact) mass is 431 g/mol. The minimum absolute atomic E-state index is 0.231. The van der Waals surface area contributed by atoms with Crippen molar-refractivity contribution in [2.75, 3.05) is 30.9 Å².